The molecule has 0 radical (unpaired) electrons. The third-order valence-electron chi connectivity index (χ3n) is 3.00. The van der Waals surface area contributed by atoms with Gasteiger partial charge in [0, 0.05) is 4.47 Å². The molecule has 1 amide bonds. The SMILES string of the molecule is CC1CCNC1C(=O)Nc1cc(Br)ccc1F. The Labute approximate surface area is 108 Å². The molecule has 1 aliphatic heterocycles. The maximum Gasteiger partial charge on any atom is 0.241 e. The minimum Gasteiger partial charge on any atom is -0.322 e. The average molecular weight is 301 g/mol. The van der Waals surface area contributed by atoms with Gasteiger partial charge in [0.15, 0.2) is 0 Å². The van der Waals surface area contributed by atoms with Crippen LogP contribution in [-0.4, -0.2) is 18.5 Å². The number of carbonyl (C=O) groups is 1. The van der Waals surface area contributed by atoms with Gasteiger partial charge in [0.25, 0.3) is 0 Å². The molecule has 1 aromatic rings. The molecule has 0 aliphatic carbocycles. The van der Waals surface area contributed by atoms with Crippen molar-refractivity contribution >= 4 is 27.5 Å². The Morgan fingerprint density at radius 3 is 3.00 bits per heavy atom. The maximum atomic E-state index is 13.5. The first-order valence-corrected chi connectivity index (χ1v) is 6.36. The Kier molecular flexibility index (Phi) is 3.79. The molecule has 92 valence electrons. The van der Waals surface area contributed by atoms with Crippen LogP contribution < -0.4 is 10.6 Å². The summed E-state index contributed by atoms with van der Waals surface area (Å²) < 4.78 is 14.2. The molecule has 1 heterocycles. The van der Waals surface area contributed by atoms with Crippen molar-refractivity contribution < 1.29 is 9.18 Å². The van der Waals surface area contributed by atoms with E-state index in [0.29, 0.717) is 0 Å². The molecule has 2 N–H and O–H groups in total. The van der Waals surface area contributed by atoms with Crippen molar-refractivity contribution in [2.75, 3.05) is 11.9 Å². The highest BCUT2D eigenvalue weighted by atomic mass is 79.9. The van der Waals surface area contributed by atoms with Crippen LogP contribution in [0.25, 0.3) is 0 Å². The first-order valence-electron chi connectivity index (χ1n) is 5.57. The lowest BCUT2D eigenvalue weighted by atomic mass is 10.0. The quantitative estimate of drug-likeness (QED) is 0.881. The number of hydrogen-bond acceptors (Lipinski definition) is 2. The van der Waals surface area contributed by atoms with Gasteiger partial charge in [0.2, 0.25) is 5.91 Å². The summed E-state index contributed by atoms with van der Waals surface area (Å²) in [5.41, 5.74) is 0.213. The van der Waals surface area contributed by atoms with Crippen LogP contribution in [0.4, 0.5) is 10.1 Å². The molecule has 3 nitrogen and oxygen atoms in total. The molecular weight excluding hydrogens is 287 g/mol. The van der Waals surface area contributed by atoms with Crippen LogP contribution in [0.15, 0.2) is 22.7 Å². The van der Waals surface area contributed by atoms with Crippen LogP contribution in [0.1, 0.15) is 13.3 Å². The van der Waals surface area contributed by atoms with Crippen LogP contribution in [0.3, 0.4) is 0 Å². The second-order valence-corrected chi connectivity index (χ2v) is 5.23. The number of hydrogen-bond donors (Lipinski definition) is 2. The number of rotatable bonds is 2. The van der Waals surface area contributed by atoms with E-state index in [0.717, 1.165) is 17.4 Å². The lowest BCUT2D eigenvalue weighted by Gasteiger charge is -2.15. The molecule has 1 saturated heterocycles. The largest absolute Gasteiger partial charge is 0.322 e. The van der Waals surface area contributed by atoms with E-state index in [9.17, 15) is 9.18 Å². The van der Waals surface area contributed by atoms with E-state index in [-0.39, 0.29) is 23.6 Å². The molecule has 2 atom stereocenters. The molecule has 5 heteroatoms. The highest BCUT2D eigenvalue weighted by Gasteiger charge is 2.29. The number of nitrogens with one attached hydrogen (secondary N) is 2. The minimum atomic E-state index is -0.424. The molecular formula is C12H14BrFN2O. The van der Waals surface area contributed by atoms with E-state index in [1.165, 1.54) is 6.07 Å². The van der Waals surface area contributed by atoms with Crippen LogP contribution in [0.2, 0.25) is 0 Å². The number of anilines is 1. The van der Waals surface area contributed by atoms with Crippen molar-refractivity contribution in [2.24, 2.45) is 5.92 Å². The van der Waals surface area contributed by atoms with Gasteiger partial charge in [-0.15, -0.1) is 0 Å². The summed E-state index contributed by atoms with van der Waals surface area (Å²) in [6.07, 6.45) is 0.971. The second-order valence-electron chi connectivity index (χ2n) is 4.31. The van der Waals surface area contributed by atoms with Gasteiger partial charge >= 0.3 is 0 Å². The van der Waals surface area contributed by atoms with Crippen molar-refractivity contribution in [1.82, 2.24) is 5.32 Å². The zero-order valence-electron chi connectivity index (χ0n) is 9.47. The molecule has 0 saturated carbocycles. The van der Waals surface area contributed by atoms with E-state index in [2.05, 4.69) is 26.6 Å². The molecule has 1 fully saturated rings. The Bertz CT molecular complexity index is 439. The van der Waals surface area contributed by atoms with Crippen molar-refractivity contribution in [2.45, 2.75) is 19.4 Å². The van der Waals surface area contributed by atoms with Gasteiger partial charge in [0.1, 0.15) is 5.82 Å². The first kappa shape index (κ1) is 12.5. The van der Waals surface area contributed by atoms with Gasteiger partial charge in [-0.3, -0.25) is 4.79 Å². The van der Waals surface area contributed by atoms with Gasteiger partial charge in [-0.2, -0.15) is 0 Å². The van der Waals surface area contributed by atoms with E-state index < -0.39 is 5.82 Å². The fourth-order valence-electron chi connectivity index (χ4n) is 1.99. The third-order valence-corrected chi connectivity index (χ3v) is 3.49. The van der Waals surface area contributed by atoms with Crippen molar-refractivity contribution in [3.8, 4) is 0 Å². The normalized spacial score (nSPS) is 23.7. The van der Waals surface area contributed by atoms with Gasteiger partial charge in [-0.1, -0.05) is 22.9 Å². The summed E-state index contributed by atoms with van der Waals surface area (Å²) >= 11 is 3.25. The number of carbonyl (C=O) groups excluding carboxylic acids is 1. The zero-order valence-corrected chi connectivity index (χ0v) is 11.1. The number of halogens is 2. The van der Waals surface area contributed by atoms with Crippen molar-refractivity contribution in [3.05, 3.63) is 28.5 Å². The Balaban J connectivity index is 2.10. The van der Waals surface area contributed by atoms with Crippen molar-refractivity contribution in [1.29, 1.82) is 0 Å². The maximum absolute atomic E-state index is 13.5. The third kappa shape index (κ3) is 2.84. The number of amides is 1. The lowest BCUT2D eigenvalue weighted by molar-refractivity contribution is -0.118. The molecule has 1 aliphatic rings. The van der Waals surface area contributed by atoms with E-state index in [4.69, 9.17) is 0 Å². The monoisotopic (exact) mass is 300 g/mol. The second kappa shape index (κ2) is 5.14. The number of benzene rings is 1. The van der Waals surface area contributed by atoms with Crippen LogP contribution in [0.5, 0.6) is 0 Å². The van der Waals surface area contributed by atoms with Gasteiger partial charge in [-0.25, -0.2) is 4.39 Å². The summed E-state index contributed by atoms with van der Waals surface area (Å²) in [7, 11) is 0. The molecule has 17 heavy (non-hydrogen) atoms. The summed E-state index contributed by atoms with van der Waals surface area (Å²) in [6.45, 7) is 2.85. The average Bonchev–Trinajstić information content (AvgIpc) is 2.70. The predicted molar refractivity (Wildman–Crippen MR) is 68.3 cm³/mol. The van der Waals surface area contributed by atoms with Gasteiger partial charge in [-0.05, 0) is 37.1 Å². The fourth-order valence-corrected chi connectivity index (χ4v) is 2.35. The van der Waals surface area contributed by atoms with E-state index in [1.807, 2.05) is 6.92 Å². The molecule has 2 unspecified atom stereocenters. The predicted octanol–water partition coefficient (Wildman–Crippen LogP) is 2.52. The summed E-state index contributed by atoms with van der Waals surface area (Å²) in [6, 6.07) is 4.26. The summed E-state index contributed by atoms with van der Waals surface area (Å²) in [5, 5.41) is 5.73. The summed E-state index contributed by atoms with van der Waals surface area (Å²) in [5.74, 6) is -0.315. The van der Waals surface area contributed by atoms with Gasteiger partial charge in [0.05, 0.1) is 11.7 Å². The summed E-state index contributed by atoms with van der Waals surface area (Å²) in [4.78, 5) is 11.9. The Morgan fingerprint density at radius 2 is 2.35 bits per heavy atom. The standard InChI is InChI=1S/C12H14BrFN2O/c1-7-4-5-15-11(7)12(17)16-10-6-8(13)2-3-9(10)14/h2-3,6-7,11,15H,4-5H2,1H3,(H,16,17). The highest BCUT2D eigenvalue weighted by molar-refractivity contribution is 9.10. The molecule has 0 bridgehead atoms. The first-order chi connectivity index (χ1) is 8.08. The van der Waals surface area contributed by atoms with E-state index >= 15 is 0 Å². The Hall–Kier alpha value is -0.940. The van der Waals surface area contributed by atoms with E-state index in [1.54, 1.807) is 12.1 Å². The van der Waals surface area contributed by atoms with Crippen molar-refractivity contribution in [3.63, 3.8) is 0 Å². The fraction of sp³-hybridized carbons (Fsp3) is 0.417. The minimum absolute atomic E-state index is 0.174. The molecule has 0 aromatic heterocycles. The smallest absolute Gasteiger partial charge is 0.241 e. The Morgan fingerprint density at radius 1 is 1.59 bits per heavy atom. The topological polar surface area (TPSA) is 41.1 Å². The molecule has 1 aromatic carbocycles. The lowest BCUT2D eigenvalue weighted by Crippen LogP contribution is -2.39. The molecule has 2 rings (SSSR count). The van der Waals surface area contributed by atoms with Crippen LogP contribution in [0, 0.1) is 11.7 Å². The van der Waals surface area contributed by atoms with Gasteiger partial charge < -0.3 is 10.6 Å². The van der Waals surface area contributed by atoms with Crippen LogP contribution in [-0.2, 0) is 4.79 Å². The highest BCUT2D eigenvalue weighted by Crippen LogP contribution is 2.22. The van der Waals surface area contributed by atoms with Crippen LogP contribution >= 0.6 is 15.9 Å². The zero-order chi connectivity index (χ0) is 12.4. The molecule has 0 spiro atoms.